The van der Waals surface area contributed by atoms with E-state index in [2.05, 4.69) is 258 Å². The second-order valence-electron chi connectivity index (χ2n) is 21.8. The van der Waals surface area contributed by atoms with Crippen LogP contribution in [0.1, 0.15) is 0 Å². The van der Waals surface area contributed by atoms with Crippen molar-refractivity contribution < 1.29 is 0 Å². The zero-order valence-corrected chi connectivity index (χ0v) is 41.6. The predicted molar refractivity (Wildman–Crippen MR) is 331 cm³/mol. The minimum atomic E-state index is -0.0657. The molecule has 0 N–H and O–H groups in total. The van der Waals surface area contributed by atoms with Crippen molar-refractivity contribution in [3.05, 3.63) is 249 Å². The number of hydrogen-bond donors (Lipinski definition) is 0. The van der Waals surface area contributed by atoms with Crippen LogP contribution in [0.3, 0.4) is 0 Å². The normalized spacial score (nSPS) is 12.9. The molecule has 2 aromatic heterocycles. The smallest absolute Gasteiger partial charge is 0.252 e. The van der Waals surface area contributed by atoms with Gasteiger partial charge < -0.3 is 9.13 Å². The van der Waals surface area contributed by atoms with E-state index < -0.39 is 0 Å². The van der Waals surface area contributed by atoms with E-state index >= 15 is 0 Å². The van der Waals surface area contributed by atoms with Gasteiger partial charge in [-0.1, -0.05) is 200 Å². The molecule has 0 unspecified atom stereocenters. The minimum absolute atomic E-state index is 0.0657. The van der Waals surface area contributed by atoms with Crippen LogP contribution in [0.4, 0.5) is 0 Å². The van der Waals surface area contributed by atoms with Gasteiger partial charge in [0.05, 0.1) is 22.1 Å². The van der Waals surface area contributed by atoms with Crippen molar-refractivity contribution >= 4 is 153 Å². The van der Waals surface area contributed by atoms with E-state index in [1.54, 1.807) is 0 Å². The first-order valence-electron chi connectivity index (χ1n) is 27.0. The van der Waals surface area contributed by atoms with Gasteiger partial charge in [0.15, 0.2) is 0 Å². The molecule has 2 nitrogen and oxygen atoms in total. The zero-order chi connectivity index (χ0) is 49.8. The maximum Gasteiger partial charge on any atom is 0.252 e. The lowest BCUT2D eigenvalue weighted by molar-refractivity contribution is 1.14. The lowest BCUT2D eigenvalue weighted by atomic mass is 9.34. The highest BCUT2D eigenvalue weighted by molar-refractivity contribution is 7.01. The summed E-state index contributed by atoms with van der Waals surface area (Å²) in [6.45, 7) is -0.0657. The monoisotopic (exact) mass is 968 g/mol. The first kappa shape index (κ1) is 40.4. The van der Waals surface area contributed by atoms with E-state index in [1.165, 1.54) is 180 Å². The summed E-state index contributed by atoms with van der Waals surface area (Å²) in [7, 11) is 0. The van der Waals surface area contributed by atoms with Gasteiger partial charge in [0.1, 0.15) is 0 Å². The van der Waals surface area contributed by atoms with Crippen LogP contribution < -0.4 is 16.4 Å². The van der Waals surface area contributed by atoms with Gasteiger partial charge in [-0.25, -0.2) is 0 Å². The third-order valence-corrected chi connectivity index (χ3v) is 18.1. The number of nitrogens with zero attached hydrogens (tertiary/aromatic N) is 2. The number of aromatic nitrogens is 2. The summed E-state index contributed by atoms with van der Waals surface area (Å²) >= 11 is 0. The Labute approximate surface area is 441 Å². The molecule has 0 radical (unpaired) electrons. The Bertz CT molecular complexity index is 5260. The summed E-state index contributed by atoms with van der Waals surface area (Å²) in [5, 5.41) is 25.8. The predicted octanol–water partition coefficient (Wildman–Crippen LogP) is 17.6. The minimum Gasteiger partial charge on any atom is -0.310 e. The summed E-state index contributed by atoms with van der Waals surface area (Å²) in [6, 6.07) is 94.8. The van der Waals surface area contributed by atoms with E-state index in [4.69, 9.17) is 0 Å². The number of hydrogen-bond acceptors (Lipinski definition) is 0. The lowest BCUT2D eigenvalue weighted by Crippen LogP contribution is -2.59. The maximum absolute atomic E-state index is 2.65. The zero-order valence-electron chi connectivity index (χ0n) is 41.6. The molecule has 350 valence electrons. The molecule has 0 amide bonds. The van der Waals surface area contributed by atoms with E-state index in [0.717, 1.165) is 0 Å². The van der Waals surface area contributed by atoms with Crippen molar-refractivity contribution in [2.75, 3.05) is 0 Å². The molecule has 3 heteroatoms. The van der Waals surface area contributed by atoms with Crippen LogP contribution in [0.2, 0.25) is 0 Å². The maximum atomic E-state index is 2.65. The van der Waals surface area contributed by atoms with Crippen LogP contribution in [-0.4, -0.2) is 15.8 Å². The number of fused-ring (bicyclic) bond motifs is 26. The molecule has 19 rings (SSSR count). The molecule has 77 heavy (non-hydrogen) atoms. The second-order valence-corrected chi connectivity index (χ2v) is 21.8. The van der Waals surface area contributed by atoms with Gasteiger partial charge in [0.25, 0.3) is 6.71 Å². The van der Waals surface area contributed by atoms with Crippen LogP contribution in [0, 0.1) is 0 Å². The highest BCUT2D eigenvalue weighted by Crippen LogP contribution is 2.49. The molecule has 4 heterocycles. The number of rotatable bonds is 2. The Morgan fingerprint density at radius 1 is 0.234 bits per heavy atom. The third-order valence-electron chi connectivity index (χ3n) is 18.1. The lowest BCUT2D eigenvalue weighted by Gasteiger charge is -2.34. The highest BCUT2D eigenvalue weighted by atomic mass is 15.0. The molecular formula is C74H41BN2. The van der Waals surface area contributed by atoms with Gasteiger partial charge in [0, 0.05) is 43.7 Å². The van der Waals surface area contributed by atoms with E-state index in [1.807, 2.05) is 0 Å². The van der Waals surface area contributed by atoms with Crippen LogP contribution in [0.15, 0.2) is 249 Å². The number of benzene rings is 15. The van der Waals surface area contributed by atoms with Gasteiger partial charge >= 0.3 is 0 Å². The molecule has 15 aromatic carbocycles. The Balaban J connectivity index is 1.01. The summed E-state index contributed by atoms with van der Waals surface area (Å²) in [5.41, 5.74) is 16.5. The van der Waals surface area contributed by atoms with Crippen LogP contribution in [0.5, 0.6) is 0 Å². The fourth-order valence-corrected chi connectivity index (χ4v) is 15.0. The first-order chi connectivity index (χ1) is 38.2. The van der Waals surface area contributed by atoms with Gasteiger partial charge in [-0.05, 0) is 163 Å². The largest absolute Gasteiger partial charge is 0.310 e. The standard InChI is InChI=1S/C74H41BN2/c1-3-16-44-36-46(30-28-42(44)14-1)48-32-34-64-60(38-48)70-68-56-24-11-9-20-52(56)50-18-5-7-22-54(50)58(68)40-62-73(70)76(64)66-26-13-27-67-72(66)75(62)63-41-59-55-23-8-6-19-51(55)53-21-10-12-25-57(53)69(59)71-61-39-49(33-35-65(61)77(67)74(63)71)47-31-29-43-15-2-4-17-45(43)37-47/h1-41H. The van der Waals surface area contributed by atoms with Crippen LogP contribution >= 0.6 is 0 Å². The van der Waals surface area contributed by atoms with Crippen LogP contribution in [-0.2, 0) is 0 Å². The van der Waals surface area contributed by atoms with E-state index in [-0.39, 0.29) is 6.71 Å². The molecule has 0 saturated heterocycles. The molecule has 0 saturated carbocycles. The summed E-state index contributed by atoms with van der Waals surface area (Å²) in [5.74, 6) is 0. The van der Waals surface area contributed by atoms with Crippen LogP contribution in [0.25, 0.3) is 163 Å². The molecule has 17 aromatic rings. The quantitative estimate of drug-likeness (QED) is 0.121. The average molecular weight is 969 g/mol. The Morgan fingerprint density at radius 2 is 0.584 bits per heavy atom. The molecule has 0 spiro atoms. The third kappa shape index (κ3) is 5.12. The van der Waals surface area contributed by atoms with E-state index in [9.17, 15) is 0 Å². The van der Waals surface area contributed by atoms with Crippen molar-refractivity contribution in [1.29, 1.82) is 0 Å². The Morgan fingerprint density at radius 3 is 1.03 bits per heavy atom. The fraction of sp³-hybridized carbons (Fsp3) is 0. The Hall–Kier alpha value is -9.96. The fourth-order valence-electron chi connectivity index (χ4n) is 15.0. The van der Waals surface area contributed by atoms with Crippen molar-refractivity contribution in [1.82, 2.24) is 9.13 Å². The van der Waals surface area contributed by atoms with Gasteiger partial charge in [-0.15, -0.1) is 0 Å². The van der Waals surface area contributed by atoms with Crippen molar-refractivity contribution in [2.24, 2.45) is 0 Å². The Kier molecular flexibility index (Phi) is 7.59. The molecule has 0 aliphatic carbocycles. The van der Waals surface area contributed by atoms with Gasteiger partial charge in [0.2, 0.25) is 0 Å². The summed E-state index contributed by atoms with van der Waals surface area (Å²) in [6.07, 6.45) is 0. The first-order valence-corrected chi connectivity index (χ1v) is 27.0. The van der Waals surface area contributed by atoms with Crippen molar-refractivity contribution in [3.63, 3.8) is 0 Å². The van der Waals surface area contributed by atoms with Crippen molar-refractivity contribution in [2.45, 2.75) is 0 Å². The van der Waals surface area contributed by atoms with E-state index in [0.29, 0.717) is 0 Å². The average Bonchev–Trinajstić information content (AvgIpc) is 3.72. The molecular weight excluding hydrogens is 928 g/mol. The van der Waals surface area contributed by atoms with Gasteiger partial charge in [-0.3, -0.25) is 0 Å². The molecule has 0 bridgehead atoms. The van der Waals surface area contributed by atoms with Gasteiger partial charge in [-0.2, -0.15) is 0 Å². The second kappa shape index (κ2) is 14.5. The van der Waals surface area contributed by atoms with Crippen molar-refractivity contribution in [3.8, 4) is 33.6 Å². The summed E-state index contributed by atoms with van der Waals surface area (Å²) in [4.78, 5) is 0. The molecule has 0 atom stereocenters. The molecule has 2 aliphatic rings. The topological polar surface area (TPSA) is 9.86 Å². The summed E-state index contributed by atoms with van der Waals surface area (Å²) < 4.78 is 5.30. The molecule has 2 aliphatic heterocycles. The SMILES string of the molecule is c1cc2c3c(c1)-n1c4ccc(-c5ccc6ccccc6c5)cc4c4c5c6ccccc6c6ccccc6c5cc(c41)B3c1cc3c4ccccc4c4ccccc4c3c3c4cc(-c5ccc6ccccc6c5)ccc4n-2c13. The highest BCUT2D eigenvalue weighted by Gasteiger charge is 2.42. The molecule has 0 fully saturated rings.